The first-order chi connectivity index (χ1) is 6.18. The maximum Gasteiger partial charge on any atom is 0.250 e. The number of rotatable bonds is 4. The normalized spacial score (nSPS) is 10.8. The molecule has 0 fully saturated rings. The predicted octanol–water partition coefficient (Wildman–Crippen LogP) is 2.20. The van der Waals surface area contributed by atoms with E-state index in [0.29, 0.717) is 6.54 Å². The number of hydrogen-bond acceptors (Lipinski definition) is 2. The Balaban J connectivity index is 2.37. The van der Waals surface area contributed by atoms with Crippen molar-refractivity contribution in [1.82, 2.24) is 10.3 Å². The molecule has 0 saturated heterocycles. The topological polar surface area (TPSA) is 24.9 Å². The average molecular weight is 251 g/mol. The molecule has 0 aliphatic rings. The van der Waals surface area contributed by atoms with Crippen LogP contribution in [0.25, 0.3) is 0 Å². The van der Waals surface area contributed by atoms with Crippen LogP contribution in [-0.2, 0) is 6.54 Å². The molecule has 1 aromatic heterocycles. The van der Waals surface area contributed by atoms with E-state index in [9.17, 15) is 8.78 Å². The molecule has 0 aromatic carbocycles. The summed E-state index contributed by atoms with van der Waals surface area (Å²) in [4.78, 5) is 4.00. The Morgan fingerprint density at radius 3 is 2.92 bits per heavy atom. The van der Waals surface area contributed by atoms with Gasteiger partial charge in [-0.1, -0.05) is 15.9 Å². The highest BCUT2D eigenvalue weighted by molar-refractivity contribution is 9.10. The van der Waals surface area contributed by atoms with E-state index < -0.39 is 6.43 Å². The van der Waals surface area contributed by atoms with Gasteiger partial charge in [-0.15, -0.1) is 0 Å². The van der Waals surface area contributed by atoms with E-state index in [1.807, 2.05) is 0 Å². The van der Waals surface area contributed by atoms with Crippen molar-refractivity contribution < 1.29 is 8.78 Å². The zero-order valence-electron chi connectivity index (χ0n) is 6.80. The van der Waals surface area contributed by atoms with Gasteiger partial charge in [-0.2, -0.15) is 0 Å². The van der Waals surface area contributed by atoms with E-state index in [-0.39, 0.29) is 6.54 Å². The molecule has 0 spiro atoms. The van der Waals surface area contributed by atoms with Gasteiger partial charge in [0.15, 0.2) is 0 Å². The van der Waals surface area contributed by atoms with Crippen molar-refractivity contribution in [3.8, 4) is 0 Å². The van der Waals surface area contributed by atoms with Crippen LogP contribution in [0.5, 0.6) is 0 Å². The van der Waals surface area contributed by atoms with Crippen molar-refractivity contribution in [3.05, 3.63) is 28.5 Å². The highest BCUT2D eigenvalue weighted by Gasteiger charge is 2.01. The predicted molar refractivity (Wildman–Crippen MR) is 49.6 cm³/mol. The summed E-state index contributed by atoms with van der Waals surface area (Å²) in [6.07, 6.45) is -0.684. The van der Waals surface area contributed by atoms with Gasteiger partial charge < -0.3 is 5.32 Å². The number of pyridine rings is 1. The van der Waals surface area contributed by atoms with E-state index >= 15 is 0 Å². The number of halogens is 3. The van der Waals surface area contributed by atoms with Crippen LogP contribution in [0.15, 0.2) is 22.8 Å². The second-order valence-electron chi connectivity index (χ2n) is 2.49. The molecule has 72 valence electrons. The monoisotopic (exact) mass is 250 g/mol. The summed E-state index contributed by atoms with van der Waals surface area (Å²) in [6.45, 7) is 0.0674. The van der Waals surface area contributed by atoms with Crippen LogP contribution < -0.4 is 5.32 Å². The molecule has 1 N–H and O–H groups in total. The summed E-state index contributed by atoms with van der Waals surface area (Å²) in [5.41, 5.74) is 0.745. The number of aromatic nitrogens is 1. The molecular weight excluding hydrogens is 242 g/mol. The lowest BCUT2D eigenvalue weighted by molar-refractivity contribution is 0.145. The highest BCUT2D eigenvalue weighted by Crippen LogP contribution is 2.08. The second-order valence-corrected chi connectivity index (χ2v) is 3.40. The third-order valence-electron chi connectivity index (χ3n) is 1.38. The minimum atomic E-state index is -2.31. The minimum absolute atomic E-state index is 0.297. The van der Waals surface area contributed by atoms with Crippen LogP contribution in [0.4, 0.5) is 8.78 Å². The summed E-state index contributed by atoms with van der Waals surface area (Å²) in [5, 5.41) is 2.60. The largest absolute Gasteiger partial charge is 0.306 e. The summed E-state index contributed by atoms with van der Waals surface area (Å²) < 4.78 is 24.3. The van der Waals surface area contributed by atoms with Crippen LogP contribution >= 0.6 is 15.9 Å². The van der Waals surface area contributed by atoms with Gasteiger partial charge in [0, 0.05) is 17.2 Å². The molecule has 0 amide bonds. The maximum absolute atomic E-state index is 11.7. The smallest absolute Gasteiger partial charge is 0.250 e. The Hall–Kier alpha value is -0.550. The number of nitrogens with zero attached hydrogens (tertiary/aromatic N) is 1. The van der Waals surface area contributed by atoms with Gasteiger partial charge in [-0.3, -0.25) is 4.98 Å². The van der Waals surface area contributed by atoms with Crippen molar-refractivity contribution in [2.75, 3.05) is 6.54 Å². The van der Waals surface area contributed by atoms with Gasteiger partial charge in [0.25, 0.3) is 6.43 Å². The van der Waals surface area contributed by atoms with E-state index in [2.05, 4.69) is 26.2 Å². The SMILES string of the molecule is FC(F)CNCc1cc(Br)ccn1. The van der Waals surface area contributed by atoms with Crippen LogP contribution in [0, 0.1) is 0 Å². The third-order valence-corrected chi connectivity index (χ3v) is 1.88. The van der Waals surface area contributed by atoms with Gasteiger partial charge in [0.2, 0.25) is 0 Å². The first-order valence-corrected chi connectivity index (χ1v) is 4.57. The average Bonchev–Trinajstić information content (AvgIpc) is 2.03. The molecular formula is C8H9BrF2N2. The molecule has 13 heavy (non-hydrogen) atoms. The summed E-state index contributed by atoms with van der Waals surface area (Å²) in [6, 6.07) is 3.58. The third kappa shape index (κ3) is 4.28. The first kappa shape index (κ1) is 10.5. The number of nitrogens with one attached hydrogen (secondary N) is 1. The fraction of sp³-hybridized carbons (Fsp3) is 0.375. The van der Waals surface area contributed by atoms with Crippen molar-refractivity contribution in [1.29, 1.82) is 0 Å². The molecule has 5 heteroatoms. The lowest BCUT2D eigenvalue weighted by Gasteiger charge is -2.03. The van der Waals surface area contributed by atoms with E-state index in [1.165, 1.54) is 0 Å². The molecule has 0 atom stereocenters. The summed E-state index contributed by atoms with van der Waals surface area (Å²) >= 11 is 3.27. The van der Waals surface area contributed by atoms with Gasteiger partial charge in [-0.25, -0.2) is 8.78 Å². The quantitative estimate of drug-likeness (QED) is 0.887. The maximum atomic E-state index is 11.7. The van der Waals surface area contributed by atoms with E-state index in [1.54, 1.807) is 18.3 Å². The number of hydrogen-bond donors (Lipinski definition) is 1. The Kier molecular flexibility index (Phi) is 4.24. The Morgan fingerprint density at radius 1 is 1.54 bits per heavy atom. The van der Waals surface area contributed by atoms with Crippen LogP contribution in [0.3, 0.4) is 0 Å². The molecule has 2 nitrogen and oxygen atoms in total. The molecule has 0 aliphatic carbocycles. The Bertz CT molecular complexity index is 268. The lowest BCUT2D eigenvalue weighted by atomic mass is 10.3. The number of alkyl halides is 2. The Labute approximate surface area is 83.5 Å². The fourth-order valence-electron chi connectivity index (χ4n) is 0.855. The van der Waals surface area contributed by atoms with Crippen LogP contribution in [0.1, 0.15) is 5.69 Å². The minimum Gasteiger partial charge on any atom is -0.306 e. The van der Waals surface area contributed by atoms with Gasteiger partial charge in [0.05, 0.1) is 12.2 Å². The van der Waals surface area contributed by atoms with Crippen molar-refractivity contribution >= 4 is 15.9 Å². The second kappa shape index (κ2) is 5.24. The Morgan fingerprint density at radius 2 is 2.31 bits per heavy atom. The highest BCUT2D eigenvalue weighted by atomic mass is 79.9. The molecule has 1 heterocycles. The molecule has 0 radical (unpaired) electrons. The van der Waals surface area contributed by atoms with Gasteiger partial charge in [-0.05, 0) is 12.1 Å². The van der Waals surface area contributed by atoms with Gasteiger partial charge in [0.1, 0.15) is 0 Å². The standard InChI is InChI=1S/C8H9BrF2N2/c9-6-1-2-13-7(3-6)4-12-5-8(10)11/h1-3,8,12H,4-5H2. The molecule has 0 saturated carbocycles. The molecule has 1 aromatic rings. The fourth-order valence-corrected chi connectivity index (χ4v) is 1.24. The van der Waals surface area contributed by atoms with Crippen molar-refractivity contribution in [3.63, 3.8) is 0 Å². The van der Waals surface area contributed by atoms with Gasteiger partial charge >= 0.3 is 0 Å². The molecule has 1 rings (SSSR count). The summed E-state index contributed by atoms with van der Waals surface area (Å²) in [7, 11) is 0. The zero-order valence-corrected chi connectivity index (χ0v) is 8.39. The van der Waals surface area contributed by atoms with E-state index in [4.69, 9.17) is 0 Å². The molecule has 0 unspecified atom stereocenters. The first-order valence-electron chi connectivity index (χ1n) is 3.78. The molecule has 0 bridgehead atoms. The van der Waals surface area contributed by atoms with Crippen LogP contribution in [-0.4, -0.2) is 18.0 Å². The van der Waals surface area contributed by atoms with Crippen molar-refractivity contribution in [2.24, 2.45) is 0 Å². The summed E-state index contributed by atoms with van der Waals surface area (Å²) in [5.74, 6) is 0. The molecule has 0 aliphatic heterocycles. The van der Waals surface area contributed by atoms with Crippen molar-refractivity contribution in [2.45, 2.75) is 13.0 Å². The zero-order chi connectivity index (χ0) is 9.68. The van der Waals surface area contributed by atoms with Crippen LogP contribution in [0.2, 0.25) is 0 Å². The van der Waals surface area contributed by atoms with E-state index in [0.717, 1.165) is 10.2 Å². The lowest BCUT2D eigenvalue weighted by Crippen LogP contribution is -2.21.